The van der Waals surface area contributed by atoms with E-state index < -0.39 is 6.10 Å². The zero-order valence-corrected chi connectivity index (χ0v) is 10.1. The van der Waals surface area contributed by atoms with E-state index in [9.17, 15) is 5.11 Å². The SMILES string of the molecule is COc1ccccc1[C@@H](O)c1ccc(C)s1. The van der Waals surface area contributed by atoms with Crippen molar-refractivity contribution in [3.8, 4) is 5.75 Å². The molecule has 1 atom stereocenters. The van der Waals surface area contributed by atoms with Crippen molar-refractivity contribution in [1.29, 1.82) is 0 Å². The smallest absolute Gasteiger partial charge is 0.125 e. The average Bonchev–Trinajstić information content (AvgIpc) is 2.75. The molecule has 0 bridgehead atoms. The predicted molar refractivity (Wildman–Crippen MR) is 66.1 cm³/mol. The van der Waals surface area contributed by atoms with E-state index in [2.05, 4.69) is 0 Å². The molecule has 84 valence electrons. The van der Waals surface area contributed by atoms with E-state index in [-0.39, 0.29) is 0 Å². The maximum Gasteiger partial charge on any atom is 0.125 e. The third kappa shape index (κ3) is 2.10. The van der Waals surface area contributed by atoms with E-state index in [1.165, 1.54) is 4.88 Å². The van der Waals surface area contributed by atoms with Gasteiger partial charge in [-0.3, -0.25) is 0 Å². The van der Waals surface area contributed by atoms with Gasteiger partial charge in [-0.2, -0.15) is 0 Å². The summed E-state index contributed by atoms with van der Waals surface area (Å²) in [5.41, 5.74) is 0.812. The molecule has 0 saturated heterocycles. The van der Waals surface area contributed by atoms with Crippen LogP contribution in [-0.2, 0) is 0 Å². The Morgan fingerprint density at radius 2 is 1.94 bits per heavy atom. The van der Waals surface area contributed by atoms with Gasteiger partial charge in [-0.25, -0.2) is 0 Å². The number of hydrogen-bond donors (Lipinski definition) is 1. The molecule has 0 aliphatic rings. The summed E-state index contributed by atoms with van der Waals surface area (Å²) in [4.78, 5) is 2.14. The van der Waals surface area contributed by atoms with Crippen LogP contribution in [0.2, 0.25) is 0 Å². The van der Waals surface area contributed by atoms with Gasteiger partial charge >= 0.3 is 0 Å². The monoisotopic (exact) mass is 234 g/mol. The quantitative estimate of drug-likeness (QED) is 0.884. The highest BCUT2D eigenvalue weighted by atomic mass is 32.1. The number of benzene rings is 1. The van der Waals surface area contributed by atoms with Gasteiger partial charge in [-0.05, 0) is 25.1 Å². The number of aryl methyl sites for hydroxylation is 1. The number of aliphatic hydroxyl groups is 1. The minimum absolute atomic E-state index is 0.602. The number of thiophene rings is 1. The highest BCUT2D eigenvalue weighted by Crippen LogP contribution is 2.32. The fourth-order valence-corrected chi connectivity index (χ4v) is 2.53. The van der Waals surface area contributed by atoms with Crippen LogP contribution in [-0.4, -0.2) is 12.2 Å². The van der Waals surface area contributed by atoms with E-state index in [0.29, 0.717) is 0 Å². The third-order valence-corrected chi connectivity index (χ3v) is 3.52. The van der Waals surface area contributed by atoms with Crippen molar-refractivity contribution in [2.45, 2.75) is 13.0 Å². The summed E-state index contributed by atoms with van der Waals surface area (Å²) in [5.74, 6) is 0.723. The molecule has 2 rings (SSSR count). The van der Waals surface area contributed by atoms with Gasteiger partial charge in [0.25, 0.3) is 0 Å². The highest BCUT2D eigenvalue weighted by molar-refractivity contribution is 7.12. The molecule has 16 heavy (non-hydrogen) atoms. The molecule has 0 saturated carbocycles. The lowest BCUT2D eigenvalue weighted by Gasteiger charge is -2.13. The van der Waals surface area contributed by atoms with Crippen molar-refractivity contribution in [3.63, 3.8) is 0 Å². The van der Waals surface area contributed by atoms with Crippen LogP contribution >= 0.6 is 11.3 Å². The molecule has 0 spiro atoms. The number of ether oxygens (including phenoxy) is 1. The summed E-state index contributed by atoms with van der Waals surface area (Å²) in [6.07, 6.45) is -0.602. The normalized spacial score (nSPS) is 12.4. The molecule has 1 aromatic heterocycles. The fraction of sp³-hybridized carbons (Fsp3) is 0.231. The molecule has 0 aliphatic carbocycles. The molecule has 1 N–H and O–H groups in total. The molecule has 1 heterocycles. The molecule has 0 fully saturated rings. The summed E-state index contributed by atoms with van der Waals surface area (Å²) < 4.78 is 5.24. The van der Waals surface area contributed by atoms with Crippen molar-refractivity contribution < 1.29 is 9.84 Å². The third-order valence-electron chi connectivity index (χ3n) is 2.46. The first-order valence-electron chi connectivity index (χ1n) is 5.09. The maximum atomic E-state index is 10.2. The largest absolute Gasteiger partial charge is 0.496 e. The minimum Gasteiger partial charge on any atom is -0.496 e. The van der Waals surface area contributed by atoms with Crippen LogP contribution in [0.25, 0.3) is 0 Å². The van der Waals surface area contributed by atoms with E-state index >= 15 is 0 Å². The van der Waals surface area contributed by atoms with E-state index in [4.69, 9.17) is 4.74 Å². The molecule has 0 amide bonds. The van der Waals surface area contributed by atoms with Crippen LogP contribution in [0, 0.1) is 6.92 Å². The molecular weight excluding hydrogens is 220 g/mol. The average molecular weight is 234 g/mol. The van der Waals surface area contributed by atoms with E-state index in [0.717, 1.165) is 16.2 Å². The van der Waals surface area contributed by atoms with Crippen LogP contribution in [0.5, 0.6) is 5.75 Å². The van der Waals surface area contributed by atoms with Crippen LogP contribution < -0.4 is 4.74 Å². The number of para-hydroxylation sites is 1. The zero-order chi connectivity index (χ0) is 11.5. The lowest BCUT2D eigenvalue weighted by Crippen LogP contribution is -2.00. The van der Waals surface area contributed by atoms with Crippen LogP contribution in [0.15, 0.2) is 36.4 Å². The van der Waals surface area contributed by atoms with Crippen LogP contribution in [0.1, 0.15) is 21.4 Å². The Morgan fingerprint density at radius 1 is 1.19 bits per heavy atom. The molecule has 0 aliphatic heterocycles. The Labute approximate surface area is 99.1 Å². The van der Waals surface area contributed by atoms with Crippen molar-refractivity contribution >= 4 is 11.3 Å². The molecule has 1 aromatic carbocycles. The van der Waals surface area contributed by atoms with Gasteiger partial charge in [0.2, 0.25) is 0 Å². The minimum atomic E-state index is -0.602. The summed E-state index contributed by atoms with van der Waals surface area (Å²) in [6.45, 7) is 2.03. The van der Waals surface area contributed by atoms with Gasteiger partial charge in [-0.1, -0.05) is 18.2 Å². The molecule has 0 radical (unpaired) electrons. The van der Waals surface area contributed by atoms with E-state index in [1.807, 2.05) is 43.3 Å². The number of aliphatic hydroxyl groups excluding tert-OH is 1. The first kappa shape index (κ1) is 11.2. The Balaban J connectivity index is 2.36. The highest BCUT2D eigenvalue weighted by Gasteiger charge is 2.16. The van der Waals surface area contributed by atoms with Crippen molar-refractivity contribution in [2.75, 3.05) is 7.11 Å². The van der Waals surface area contributed by atoms with Gasteiger partial charge in [0, 0.05) is 15.3 Å². The second-order valence-corrected chi connectivity index (χ2v) is 4.91. The molecule has 2 nitrogen and oxygen atoms in total. The number of hydrogen-bond acceptors (Lipinski definition) is 3. The zero-order valence-electron chi connectivity index (χ0n) is 9.31. The predicted octanol–water partition coefficient (Wildman–Crippen LogP) is 3.15. The molecular formula is C13H14O2S. The summed E-state index contributed by atoms with van der Waals surface area (Å²) in [6, 6.07) is 11.5. The number of methoxy groups -OCH3 is 1. The Morgan fingerprint density at radius 3 is 2.56 bits per heavy atom. The van der Waals surface area contributed by atoms with Crippen LogP contribution in [0.4, 0.5) is 0 Å². The molecule has 2 aromatic rings. The van der Waals surface area contributed by atoms with Crippen molar-refractivity contribution in [1.82, 2.24) is 0 Å². The standard InChI is InChI=1S/C13H14O2S/c1-9-7-8-12(16-9)13(14)10-5-3-4-6-11(10)15-2/h3-8,13-14H,1-2H3/t13-/m1/s1. The lowest BCUT2D eigenvalue weighted by molar-refractivity contribution is 0.218. The topological polar surface area (TPSA) is 29.5 Å². The van der Waals surface area contributed by atoms with Gasteiger partial charge in [0.1, 0.15) is 11.9 Å². The van der Waals surface area contributed by atoms with Crippen molar-refractivity contribution in [3.05, 3.63) is 51.7 Å². The maximum absolute atomic E-state index is 10.2. The summed E-state index contributed by atoms with van der Waals surface area (Å²) in [7, 11) is 1.62. The number of rotatable bonds is 3. The lowest BCUT2D eigenvalue weighted by atomic mass is 10.1. The van der Waals surface area contributed by atoms with Gasteiger partial charge in [-0.15, -0.1) is 11.3 Å². The summed E-state index contributed by atoms with van der Waals surface area (Å²) in [5, 5.41) is 10.2. The summed E-state index contributed by atoms with van der Waals surface area (Å²) >= 11 is 1.60. The Kier molecular flexibility index (Phi) is 3.27. The van der Waals surface area contributed by atoms with Crippen LogP contribution in [0.3, 0.4) is 0 Å². The van der Waals surface area contributed by atoms with Gasteiger partial charge in [0.15, 0.2) is 0 Å². The first-order valence-corrected chi connectivity index (χ1v) is 5.91. The second-order valence-electron chi connectivity index (χ2n) is 3.59. The second kappa shape index (κ2) is 4.68. The molecule has 3 heteroatoms. The Bertz CT molecular complexity index is 476. The first-order chi connectivity index (χ1) is 7.72. The van der Waals surface area contributed by atoms with E-state index in [1.54, 1.807) is 18.4 Å². The van der Waals surface area contributed by atoms with Gasteiger partial charge < -0.3 is 9.84 Å². The van der Waals surface area contributed by atoms with Crippen molar-refractivity contribution in [2.24, 2.45) is 0 Å². The Hall–Kier alpha value is -1.32. The van der Waals surface area contributed by atoms with Gasteiger partial charge in [0.05, 0.1) is 7.11 Å². The fourth-order valence-electron chi connectivity index (χ4n) is 1.65. The molecule has 0 unspecified atom stereocenters.